The van der Waals surface area contributed by atoms with E-state index >= 15 is 0 Å². The molecule has 0 bridgehead atoms. The van der Waals surface area contributed by atoms with Gasteiger partial charge in [-0.25, -0.2) is 0 Å². The van der Waals surface area contributed by atoms with Gasteiger partial charge < -0.3 is 0 Å². The molecule has 4 aromatic rings. The third-order valence-electron chi connectivity index (χ3n) is 4.26. The molecule has 0 amide bonds. The van der Waals surface area contributed by atoms with Crippen LogP contribution < -0.4 is 5.43 Å². The van der Waals surface area contributed by atoms with Crippen LogP contribution in [0.5, 0.6) is 0 Å². The van der Waals surface area contributed by atoms with Crippen molar-refractivity contribution in [3.05, 3.63) is 76.1 Å². The minimum Gasteiger partial charge on any atom is -0.290 e. The molecular weight excluding hydrogens is 329 g/mol. The number of aromatic amines is 1. The van der Waals surface area contributed by atoms with Gasteiger partial charge in [-0.15, -0.1) is 0 Å². The number of benzene rings is 3. The maximum atomic E-state index is 13.5. The third-order valence-corrected chi connectivity index (χ3v) is 4.26. The quantitative estimate of drug-likeness (QED) is 0.530. The first-order valence-corrected chi connectivity index (χ1v) is 7.66. The molecule has 0 spiro atoms. The van der Waals surface area contributed by atoms with Gasteiger partial charge in [0.1, 0.15) is 5.69 Å². The van der Waals surface area contributed by atoms with Gasteiger partial charge in [-0.1, -0.05) is 29.8 Å². The van der Waals surface area contributed by atoms with Gasteiger partial charge in [0.2, 0.25) is 0 Å². The predicted octanol–water partition coefficient (Wildman–Crippen LogP) is 4.80. The summed E-state index contributed by atoms with van der Waals surface area (Å²) < 4.78 is 41.9. The summed E-state index contributed by atoms with van der Waals surface area (Å²) in [7, 11) is 0. The molecule has 0 aliphatic rings. The molecule has 3 aromatic carbocycles. The van der Waals surface area contributed by atoms with E-state index in [1.165, 1.54) is 22.9 Å². The Kier molecular flexibility index (Phi) is 3.25. The topological polar surface area (TPSA) is 37.8 Å². The van der Waals surface area contributed by atoms with Gasteiger partial charge in [-0.05, 0) is 42.6 Å². The normalized spacial score (nSPS) is 12.2. The first-order chi connectivity index (χ1) is 11.8. The number of halogens is 3. The van der Waals surface area contributed by atoms with E-state index in [9.17, 15) is 18.0 Å². The summed E-state index contributed by atoms with van der Waals surface area (Å²) in [4.78, 5) is 11.6. The fourth-order valence-electron chi connectivity index (χ4n) is 3.07. The molecule has 0 aliphatic heterocycles. The number of fused-ring (bicyclic) bond motifs is 3. The highest BCUT2D eigenvalue weighted by atomic mass is 19.4. The molecule has 4 rings (SSSR count). The lowest BCUT2D eigenvalue weighted by Crippen LogP contribution is -2.07. The second-order valence-corrected chi connectivity index (χ2v) is 6.00. The number of aromatic nitrogens is 2. The maximum absolute atomic E-state index is 13.5. The lowest BCUT2D eigenvalue weighted by Gasteiger charge is -2.07. The summed E-state index contributed by atoms with van der Waals surface area (Å²) in [5.41, 5.74) is 1.01. The molecule has 126 valence electrons. The van der Waals surface area contributed by atoms with Gasteiger partial charge >= 0.3 is 6.18 Å². The van der Waals surface area contributed by atoms with E-state index in [0.29, 0.717) is 22.0 Å². The Balaban J connectivity index is 2.16. The molecule has 1 aromatic heterocycles. The van der Waals surface area contributed by atoms with Crippen LogP contribution in [0.1, 0.15) is 11.3 Å². The first-order valence-electron chi connectivity index (χ1n) is 7.66. The number of hydrogen-bond acceptors (Lipinski definition) is 1. The van der Waals surface area contributed by atoms with Crippen LogP contribution >= 0.6 is 0 Å². The van der Waals surface area contributed by atoms with Crippen molar-refractivity contribution in [2.45, 2.75) is 13.1 Å². The number of hydrogen-bond donors (Lipinski definition) is 1. The number of rotatable bonds is 1. The average Bonchev–Trinajstić information content (AvgIpc) is 2.95. The Labute approximate surface area is 140 Å². The second kappa shape index (κ2) is 5.24. The van der Waals surface area contributed by atoms with Gasteiger partial charge in [0.05, 0.1) is 11.2 Å². The molecule has 6 heteroatoms. The summed E-state index contributed by atoms with van der Waals surface area (Å²) in [6.07, 6.45) is -4.51. The molecule has 3 nitrogen and oxygen atoms in total. The van der Waals surface area contributed by atoms with Gasteiger partial charge in [-0.3, -0.25) is 14.6 Å². The van der Waals surface area contributed by atoms with E-state index in [1.54, 1.807) is 24.3 Å². The number of alkyl halides is 3. The van der Waals surface area contributed by atoms with Crippen molar-refractivity contribution in [3.63, 3.8) is 0 Å². The van der Waals surface area contributed by atoms with Crippen molar-refractivity contribution in [1.29, 1.82) is 0 Å². The average molecular weight is 342 g/mol. The van der Waals surface area contributed by atoms with Crippen LogP contribution in [0.25, 0.3) is 27.4 Å². The Morgan fingerprint density at radius 1 is 0.920 bits per heavy atom. The van der Waals surface area contributed by atoms with Crippen LogP contribution in [0.15, 0.2) is 59.4 Å². The molecule has 0 aliphatic carbocycles. The van der Waals surface area contributed by atoms with Crippen LogP contribution in [-0.4, -0.2) is 9.78 Å². The van der Waals surface area contributed by atoms with E-state index < -0.39 is 11.9 Å². The summed E-state index contributed by atoms with van der Waals surface area (Å²) in [5.74, 6) is 0. The van der Waals surface area contributed by atoms with E-state index in [0.717, 1.165) is 5.56 Å². The highest BCUT2D eigenvalue weighted by molar-refractivity contribution is 6.07. The van der Waals surface area contributed by atoms with Crippen LogP contribution in [-0.2, 0) is 6.18 Å². The van der Waals surface area contributed by atoms with Gasteiger partial charge in [-0.2, -0.15) is 13.2 Å². The molecule has 0 radical (unpaired) electrons. The highest BCUT2D eigenvalue weighted by Gasteiger charge is 2.36. The van der Waals surface area contributed by atoms with Crippen molar-refractivity contribution < 1.29 is 13.2 Å². The highest BCUT2D eigenvalue weighted by Crippen LogP contribution is 2.37. The molecule has 0 saturated heterocycles. The summed E-state index contributed by atoms with van der Waals surface area (Å²) in [5, 5.41) is 3.75. The minimum absolute atomic E-state index is 0.0687. The zero-order chi connectivity index (χ0) is 17.8. The van der Waals surface area contributed by atoms with Gasteiger partial charge in [0, 0.05) is 10.8 Å². The van der Waals surface area contributed by atoms with Gasteiger partial charge in [0.15, 0.2) is 5.43 Å². The van der Waals surface area contributed by atoms with Crippen molar-refractivity contribution in [2.75, 3.05) is 0 Å². The predicted molar refractivity (Wildman–Crippen MR) is 91.1 cm³/mol. The fourth-order valence-corrected chi connectivity index (χ4v) is 3.07. The van der Waals surface area contributed by atoms with Crippen LogP contribution in [0, 0.1) is 6.92 Å². The smallest absolute Gasteiger partial charge is 0.290 e. The van der Waals surface area contributed by atoms with Gasteiger partial charge in [0.25, 0.3) is 0 Å². The molecule has 0 atom stereocenters. The van der Waals surface area contributed by atoms with E-state index in [-0.39, 0.29) is 10.8 Å². The Morgan fingerprint density at radius 2 is 1.60 bits per heavy atom. The maximum Gasteiger partial charge on any atom is 0.433 e. The molecule has 0 fully saturated rings. The first kappa shape index (κ1) is 15.5. The van der Waals surface area contributed by atoms with E-state index in [2.05, 4.69) is 5.10 Å². The molecule has 0 saturated carbocycles. The molecular formula is C19H13F3N2O. The molecule has 0 unspecified atom stereocenters. The lowest BCUT2D eigenvalue weighted by atomic mass is 10.1. The van der Waals surface area contributed by atoms with E-state index in [4.69, 9.17) is 0 Å². The van der Waals surface area contributed by atoms with Crippen LogP contribution in [0.4, 0.5) is 13.2 Å². The lowest BCUT2D eigenvalue weighted by molar-refractivity contribution is -0.140. The zero-order valence-electron chi connectivity index (χ0n) is 13.2. The molecule has 1 N–H and O–H groups in total. The van der Waals surface area contributed by atoms with Crippen molar-refractivity contribution in [3.8, 4) is 5.69 Å². The molecule has 1 heterocycles. The fraction of sp³-hybridized carbons (Fsp3) is 0.105. The zero-order valence-corrected chi connectivity index (χ0v) is 13.2. The Morgan fingerprint density at radius 3 is 2.28 bits per heavy atom. The largest absolute Gasteiger partial charge is 0.433 e. The van der Waals surface area contributed by atoms with Crippen molar-refractivity contribution in [2.24, 2.45) is 0 Å². The monoisotopic (exact) mass is 342 g/mol. The number of H-pyrrole nitrogens is 1. The number of nitrogens with one attached hydrogen (secondary N) is 1. The summed E-state index contributed by atoms with van der Waals surface area (Å²) >= 11 is 0. The van der Waals surface area contributed by atoms with Crippen LogP contribution in [0.2, 0.25) is 0 Å². The summed E-state index contributed by atoms with van der Waals surface area (Å²) in [6.45, 7) is 1.91. The Bertz CT molecular complexity index is 1150. The minimum atomic E-state index is -4.51. The standard InChI is InChI=1S/C19H13F3N2O/c1-11-2-5-13(6-3-11)24-17-15-9-7-14(25)10-12(15)4-8-16(17)18(23-24)19(20,21)22/h2-10,23H,1H3. The van der Waals surface area contributed by atoms with Crippen LogP contribution in [0.3, 0.4) is 0 Å². The molecule has 25 heavy (non-hydrogen) atoms. The summed E-state index contributed by atoms with van der Waals surface area (Å²) in [6, 6.07) is 14.5. The van der Waals surface area contributed by atoms with E-state index in [1.807, 2.05) is 19.1 Å². The second-order valence-electron chi connectivity index (χ2n) is 6.00. The number of aryl methyl sites for hydroxylation is 1. The SMILES string of the molecule is Cc1ccc(-n2[nH]c(C(F)(F)F)c3ccc4cc(=O)ccc4c32)cc1. The van der Waals surface area contributed by atoms with Crippen molar-refractivity contribution in [1.82, 2.24) is 9.78 Å². The van der Waals surface area contributed by atoms with Crippen molar-refractivity contribution >= 4 is 21.7 Å². The number of nitrogens with zero attached hydrogens (tertiary/aromatic N) is 1. The third kappa shape index (κ3) is 2.50. The Hall–Kier alpha value is -3.02.